The fourth-order valence-corrected chi connectivity index (χ4v) is 3.81. The molecule has 0 spiro atoms. The van der Waals surface area contributed by atoms with Gasteiger partial charge in [-0.15, -0.1) is 24.8 Å². The van der Waals surface area contributed by atoms with Gasteiger partial charge in [-0.3, -0.25) is 0 Å². The van der Waals surface area contributed by atoms with Crippen molar-refractivity contribution >= 4 is 24.8 Å². The van der Waals surface area contributed by atoms with Crippen molar-refractivity contribution < 1.29 is 21.8 Å². The molecule has 1 heterocycles. The molecular weight excluding hydrogens is 309 g/mol. The predicted molar refractivity (Wildman–Crippen MR) is 78.5 cm³/mol. The van der Waals surface area contributed by atoms with Crippen LogP contribution in [0.1, 0.15) is 19.3 Å². The molecule has 7 heteroatoms. The van der Waals surface area contributed by atoms with Crippen LogP contribution in [0.3, 0.4) is 0 Å². The molecule has 0 bridgehead atoms. The molecule has 111 valence electrons. The number of rotatable bonds is 2. The molecule has 0 radical (unpaired) electrons. The largest absolute Gasteiger partial charge is 0.147 e. The summed E-state index contributed by atoms with van der Waals surface area (Å²) < 4.78 is 8.15. The van der Waals surface area contributed by atoms with Gasteiger partial charge in [0.25, 0.3) is 0 Å². The van der Waals surface area contributed by atoms with Gasteiger partial charge in [0.15, 0.2) is 0 Å². The standard InChI is InChI=1S/C9H20N3.CH3O.CH3.2ClH.Ti/c1-4-10-6-2-8-12-9-3-7-11-5-1;1-2;;;;/h10-11H,1-9H2;1H3;1H3;2*1H;/q2*-1;;;;+2. The van der Waals surface area contributed by atoms with Crippen LogP contribution >= 0.6 is 24.8 Å². The Morgan fingerprint density at radius 3 is 1.78 bits per heavy atom. The molecule has 1 rings (SSSR count). The monoisotopic (exact) mass is 336 g/mol. The SMILES string of the molecule is C[O][Ti]([CH3])[N]1CCCNCCCNCCC1.Cl.Cl. The van der Waals surface area contributed by atoms with Gasteiger partial charge in [-0.05, 0) is 0 Å². The Kier molecular flexibility index (Phi) is 17.3. The first kappa shape index (κ1) is 21.4. The van der Waals surface area contributed by atoms with Crippen LogP contribution in [-0.2, 0) is 21.8 Å². The summed E-state index contributed by atoms with van der Waals surface area (Å²) in [6.07, 6.45) is 3.75. The smallest absolute Gasteiger partial charge is 0.147 e. The summed E-state index contributed by atoms with van der Waals surface area (Å²) in [5.41, 5.74) is 0. The van der Waals surface area contributed by atoms with E-state index in [0.29, 0.717) is 0 Å². The van der Waals surface area contributed by atoms with E-state index in [2.05, 4.69) is 19.2 Å². The Hall–Kier alpha value is 1.13. The molecule has 0 aliphatic carbocycles. The van der Waals surface area contributed by atoms with Crippen LogP contribution in [0.2, 0.25) is 5.23 Å². The summed E-state index contributed by atoms with van der Waals surface area (Å²) in [5, 5.41) is 9.28. The van der Waals surface area contributed by atoms with Gasteiger partial charge in [-0.2, -0.15) is 0 Å². The molecule has 0 saturated carbocycles. The third kappa shape index (κ3) is 9.99. The van der Waals surface area contributed by atoms with Crippen molar-refractivity contribution in [1.29, 1.82) is 0 Å². The van der Waals surface area contributed by atoms with Gasteiger partial charge in [0.1, 0.15) is 0 Å². The van der Waals surface area contributed by atoms with E-state index in [1.165, 1.54) is 32.4 Å². The minimum atomic E-state index is -1.36. The second kappa shape index (κ2) is 14.5. The number of nitrogens with zero attached hydrogens (tertiary/aromatic N) is 1. The average Bonchev–Trinajstić information content (AvgIpc) is 2.29. The molecule has 1 aliphatic heterocycles. The molecular formula is C11H28Cl2N3OTi. The first-order chi connectivity index (χ1) is 7.84. The second-order valence-electron chi connectivity index (χ2n) is 4.27. The summed E-state index contributed by atoms with van der Waals surface area (Å²) >= 11 is -1.36. The van der Waals surface area contributed by atoms with Crippen LogP contribution < -0.4 is 10.6 Å². The maximum atomic E-state index is 5.57. The second-order valence-corrected chi connectivity index (χ2v) is 7.52. The predicted octanol–water partition coefficient (Wildman–Crippen LogP) is 1.64. The normalized spacial score (nSPS) is 19.7. The maximum Gasteiger partial charge on any atom is -0.147 e. The summed E-state index contributed by atoms with van der Waals surface area (Å²) in [4.78, 5) is 0. The Morgan fingerprint density at radius 1 is 0.889 bits per heavy atom. The van der Waals surface area contributed by atoms with Crippen LogP contribution in [0.5, 0.6) is 0 Å². The van der Waals surface area contributed by atoms with Crippen LogP contribution in [0.4, 0.5) is 0 Å². The Balaban J connectivity index is 0. The summed E-state index contributed by atoms with van der Waals surface area (Å²) in [6.45, 7) is 6.98. The number of nitrogens with one attached hydrogen (secondary N) is 2. The van der Waals surface area contributed by atoms with Crippen LogP contribution in [0, 0.1) is 0 Å². The van der Waals surface area contributed by atoms with E-state index in [1.54, 1.807) is 0 Å². The van der Waals surface area contributed by atoms with Crippen molar-refractivity contribution in [3.8, 4) is 0 Å². The fraction of sp³-hybridized carbons (Fsp3) is 1.00. The number of hydrogen-bond donors (Lipinski definition) is 2. The first-order valence-corrected chi connectivity index (χ1v) is 9.28. The summed E-state index contributed by atoms with van der Waals surface area (Å²) in [5.74, 6) is 0. The Bertz CT molecular complexity index is 168. The molecule has 18 heavy (non-hydrogen) atoms. The van der Waals surface area contributed by atoms with Gasteiger partial charge in [0.05, 0.1) is 0 Å². The van der Waals surface area contributed by atoms with Gasteiger partial charge < -0.3 is 0 Å². The Labute approximate surface area is 131 Å². The zero-order chi connectivity index (χ0) is 11.6. The van der Waals surface area contributed by atoms with E-state index in [4.69, 9.17) is 3.32 Å². The molecule has 0 aromatic rings. The zero-order valence-electron chi connectivity index (χ0n) is 11.5. The van der Waals surface area contributed by atoms with Crippen molar-refractivity contribution in [2.75, 3.05) is 46.4 Å². The van der Waals surface area contributed by atoms with E-state index in [-0.39, 0.29) is 24.8 Å². The molecule has 0 aromatic carbocycles. The van der Waals surface area contributed by atoms with Crippen LogP contribution in [-0.4, -0.2) is 49.8 Å². The molecule has 1 aliphatic rings. The van der Waals surface area contributed by atoms with Gasteiger partial charge in [-0.1, -0.05) is 0 Å². The molecule has 1 fully saturated rings. The van der Waals surface area contributed by atoms with Crippen molar-refractivity contribution in [3.63, 3.8) is 0 Å². The minimum absolute atomic E-state index is 0. The maximum absolute atomic E-state index is 5.57. The van der Waals surface area contributed by atoms with Crippen molar-refractivity contribution in [2.24, 2.45) is 0 Å². The minimum Gasteiger partial charge on any atom is -0.147 e. The van der Waals surface area contributed by atoms with Crippen molar-refractivity contribution in [3.05, 3.63) is 0 Å². The van der Waals surface area contributed by atoms with Crippen LogP contribution in [0.25, 0.3) is 0 Å². The van der Waals surface area contributed by atoms with E-state index < -0.39 is 18.5 Å². The van der Waals surface area contributed by atoms with Gasteiger partial charge in [0, 0.05) is 0 Å². The fourth-order valence-electron chi connectivity index (χ4n) is 1.93. The molecule has 4 nitrogen and oxygen atoms in total. The van der Waals surface area contributed by atoms with E-state index in [0.717, 1.165) is 26.2 Å². The van der Waals surface area contributed by atoms with E-state index >= 15 is 0 Å². The molecule has 1 saturated heterocycles. The third-order valence-electron chi connectivity index (χ3n) is 3.01. The van der Waals surface area contributed by atoms with E-state index in [1.807, 2.05) is 7.11 Å². The quantitative estimate of drug-likeness (QED) is 0.752. The number of halogens is 2. The summed E-state index contributed by atoms with van der Waals surface area (Å²) in [7, 11) is 1.86. The molecule has 0 unspecified atom stereocenters. The van der Waals surface area contributed by atoms with Gasteiger partial charge in [0.2, 0.25) is 0 Å². The number of hydrogen-bond acceptors (Lipinski definition) is 4. The van der Waals surface area contributed by atoms with Crippen molar-refractivity contribution in [2.45, 2.75) is 24.5 Å². The zero-order valence-corrected chi connectivity index (χ0v) is 14.7. The van der Waals surface area contributed by atoms with Gasteiger partial charge >= 0.3 is 107 Å². The molecule has 0 amide bonds. The topological polar surface area (TPSA) is 36.5 Å². The van der Waals surface area contributed by atoms with Gasteiger partial charge in [-0.25, -0.2) is 0 Å². The molecule has 0 aromatic heterocycles. The van der Waals surface area contributed by atoms with Crippen molar-refractivity contribution in [1.82, 2.24) is 14.0 Å². The summed E-state index contributed by atoms with van der Waals surface area (Å²) in [6, 6.07) is 0. The third-order valence-corrected chi connectivity index (χ3v) is 6.02. The first-order valence-electron chi connectivity index (χ1n) is 6.38. The molecule has 2 N–H and O–H groups in total. The molecule has 0 atom stereocenters. The van der Waals surface area contributed by atoms with E-state index in [9.17, 15) is 0 Å². The average molecular weight is 337 g/mol. The Morgan fingerprint density at radius 2 is 1.33 bits per heavy atom. The van der Waals surface area contributed by atoms with Crippen LogP contribution in [0.15, 0.2) is 0 Å².